The molecule has 5 atom stereocenters. The Bertz CT molecular complexity index is 650. The van der Waals surface area contributed by atoms with Crippen LogP contribution in [0.1, 0.15) is 53.4 Å². The molecule has 158 valence electrons. The van der Waals surface area contributed by atoms with Gasteiger partial charge in [0.1, 0.15) is 6.04 Å². The van der Waals surface area contributed by atoms with E-state index >= 15 is 0 Å². The number of aliphatic hydroxyl groups is 1. The molecule has 0 saturated carbocycles. The molecule has 0 aromatic heterocycles. The summed E-state index contributed by atoms with van der Waals surface area (Å²) in [6.45, 7) is 8.68. The van der Waals surface area contributed by atoms with Gasteiger partial charge in [-0.05, 0) is 46.5 Å². The average molecular weight is 412 g/mol. The van der Waals surface area contributed by atoms with Crippen LogP contribution in [0.15, 0.2) is 0 Å². The number of rotatable bonds is 7. The number of fused-ring (bicyclic) bond motifs is 1. The summed E-state index contributed by atoms with van der Waals surface area (Å²) < 4.78 is -0.541. The third-order valence-electron chi connectivity index (χ3n) is 5.96. The second kappa shape index (κ2) is 7.86. The van der Waals surface area contributed by atoms with Crippen molar-refractivity contribution in [3.05, 3.63) is 0 Å². The summed E-state index contributed by atoms with van der Waals surface area (Å²) in [5, 5.41) is 15.4. The normalized spacial score (nSPS) is 33.9. The van der Waals surface area contributed by atoms with Crippen LogP contribution in [0.25, 0.3) is 0 Å². The highest BCUT2D eigenvalue weighted by atomic mass is 32.2. The molecule has 3 aliphatic rings. The van der Waals surface area contributed by atoms with Crippen molar-refractivity contribution in [2.45, 2.75) is 75.0 Å². The smallest absolute Gasteiger partial charge is 0.244 e. The van der Waals surface area contributed by atoms with Gasteiger partial charge in [0, 0.05) is 30.5 Å². The van der Waals surface area contributed by atoms with Gasteiger partial charge in [-0.1, -0.05) is 6.92 Å². The zero-order valence-electron chi connectivity index (χ0n) is 17.3. The van der Waals surface area contributed by atoms with Crippen molar-refractivity contribution in [3.8, 4) is 0 Å². The molecular formula is C20H33N3O4S. The van der Waals surface area contributed by atoms with Crippen LogP contribution in [-0.2, 0) is 14.4 Å². The van der Waals surface area contributed by atoms with E-state index in [2.05, 4.69) is 10.6 Å². The van der Waals surface area contributed by atoms with Gasteiger partial charge in [-0.2, -0.15) is 0 Å². The van der Waals surface area contributed by atoms with Crippen LogP contribution in [0.4, 0.5) is 0 Å². The van der Waals surface area contributed by atoms with Gasteiger partial charge in [-0.15, -0.1) is 11.8 Å². The molecule has 3 heterocycles. The first-order chi connectivity index (χ1) is 13.2. The second-order valence-electron chi connectivity index (χ2n) is 9.19. The molecule has 0 aliphatic carbocycles. The molecule has 3 fully saturated rings. The highest BCUT2D eigenvalue weighted by Crippen LogP contribution is 2.66. The third-order valence-corrected chi connectivity index (χ3v) is 7.91. The number of nitrogens with one attached hydrogen (secondary N) is 2. The van der Waals surface area contributed by atoms with Crippen LogP contribution in [0, 0.1) is 11.8 Å². The van der Waals surface area contributed by atoms with Gasteiger partial charge < -0.3 is 20.6 Å². The fourth-order valence-electron chi connectivity index (χ4n) is 5.04. The Kier molecular flexibility index (Phi) is 6.01. The minimum absolute atomic E-state index is 0.0365. The Hall–Kier alpha value is -1.28. The molecule has 28 heavy (non-hydrogen) atoms. The van der Waals surface area contributed by atoms with Crippen LogP contribution in [0.5, 0.6) is 0 Å². The molecule has 3 N–H and O–H groups in total. The van der Waals surface area contributed by atoms with E-state index in [9.17, 15) is 19.5 Å². The Balaban J connectivity index is 1.94. The van der Waals surface area contributed by atoms with Crippen LogP contribution in [-0.4, -0.2) is 69.0 Å². The van der Waals surface area contributed by atoms with Crippen LogP contribution in [0.3, 0.4) is 0 Å². The summed E-state index contributed by atoms with van der Waals surface area (Å²) in [5.74, 6) is -1.14. The molecule has 7 nitrogen and oxygen atoms in total. The van der Waals surface area contributed by atoms with Crippen molar-refractivity contribution in [1.82, 2.24) is 15.5 Å². The van der Waals surface area contributed by atoms with Gasteiger partial charge >= 0.3 is 0 Å². The predicted octanol–water partition coefficient (Wildman–Crippen LogP) is 0.901. The van der Waals surface area contributed by atoms with E-state index in [4.69, 9.17) is 0 Å². The monoisotopic (exact) mass is 411 g/mol. The van der Waals surface area contributed by atoms with Gasteiger partial charge in [-0.3, -0.25) is 14.4 Å². The number of thioether (sulfide) groups is 1. The SMILES string of the molecule is CCCNC(=O)[C@@H]1[C@@H]2CCC3(S2)C(C(=O)NC(C)(C)C)N(CCCO)C(=O)[C@H]13. The van der Waals surface area contributed by atoms with E-state index in [1.165, 1.54) is 0 Å². The minimum Gasteiger partial charge on any atom is -0.396 e. The number of hydrogen-bond acceptors (Lipinski definition) is 5. The summed E-state index contributed by atoms with van der Waals surface area (Å²) in [6.07, 6.45) is 2.90. The number of nitrogens with zero attached hydrogens (tertiary/aromatic N) is 1. The lowest BCUT2D eigenvalue weighted by Gasteiger charge is -2.36. The molecule has 8 heteroatoms. The maximum Gasteiger partial charge on any atom is 0.244 e. The largest absolute Gasteiger partial charge is 0.396 e. The third kappa shape index (κ3) is 3.54. The van der Waals surface area contributed by atoms with Gasteiger partial charge in [-0.25, -0.2) is 0 Å². The second-order valence-corrected chi connectivity index (χ2v) is 10.8. The molecule has 3 rings (SSSR count). The highest BCUT2D eigenvalue weighted by molar-refractivity contribution is 8.02. The molecule has 3 saturated heterocycles. The Labute approximate surface area is 171 Å². The minimum atomic E-state index is -0.588. The van der Waals surface area contributed by atoms with E-state index < -0.39 is 22.2 Å². The molecule has 2 unspecified atom stereocenters. The number of amides is 3. The number of likely N-dealkylation sites (tertiary alicyclic amines) is 1. The molecule has 3 amide bonds. The Morgan fingerprint density at radius 2 is 2.04 bits per heavy atom. The number of carbonyl (C=O) groups excluding carboxylic acids is 3. The number of carbonyl (C=O) groups is 3. The van der Waals surface area contributed by atoms with Crippen molar-refractivity contribution in [1.29, 1.82) is 0 Å². The topological polar surface area (TPSA) is 98.7 Å². The van der Waals surface area contributed by atoms with Crippen LogP contribution >= 0.6 is 11.8 Å². The Morgan fingerprint density at radius 3 is 2.64 bits per heavy atom. The van der Waals surface area contributed by atoms with Crippen molar-refractivity contribution < 1.29 is 19.5 Å². The maximum atomic E-state index is 13.4. The first-order valence-electron chi connectivity index (χ1n) is 10.3. The van der Waals surface area contributed by atoms with Gasteiger partial charge in [0.2, 0.25) is 17.7 Å². The Morgan fingerprint density at radius 1 is 1.32 bits per heavy atom. The molecule has 0 aromatic rings. The molecule has 0 radical (unpaired) electrons. The van der Waals surface area contributed by atoms with E-state index in [1.807, 2.05) is 27.7 Å². The fourth-order valence-corrected chi connectivity index (χ4v) is 7.26. The predicted molar refractivity (Wildman–Crippen MR) is 109 cm³/mol. The van der Waals surface area contributed by atoms with Crippen LogP contribution in [0.2, 0.25) is 0 Å². The molecule has 0 aromatic carbocycles. The van der Waals surface area contributed by atoms with Gasteiger partial charge in [0.25, 0.3) is 0 Å². The standard InChI is InChI=1S/C20H33N3O4S/c1-5-9-21-16(25)13-12-7-8-20(28-12)14(13)18(27)23(10-6-11-24)15(20)17(26)22-19(2,3)4/h12-15,24H,5-11H2,1-4H3,(H,21,25)(H,22,26)/t12-,13+,14-,15?,20?/m0/s1. The van der Waals surface area contributed by atoms with E-state index in [0.717, 1.165) is 19.3 Å². The lowest BCUT2D eigenvalue weighted by Crippen LogP contribution is -2.57. The van der Waals surface area contributed by atoms with E-state index in [0.29, 0.717) is 19.5 Å². The highest BCUT2D eigenvalue weighted by Gasteiger charge is 2.73. The molecular weight excluding hydrogens is 378 g/mol. The fraction of sp³-hybridized carbons (Fsp3) is 0.850. The molecule has 2 bridgehead atoms. The van der Waals surface area contributed by atoms with Crippen molar-refractivity contribution in [2.24, 2.45) is 11.8 Å². The molecule has 3 aliphatic heterocycles. The van der Waals surface area contributed by atoms with Crippen molar-refractivity contribution >= 4 is 29.5 Å². The van der Waals surface area contributed by atoms with Crippen LogP contribution < -0.4 is 10.6 Å². The molecule has 1 spiro atoms. The summed E-state index contributed by atoms with van der Waals surface area (Å²) in [7, 11) is 0. The van der Waals surface area contributed by atoms with Gasteiger partial charge in [0.15, 0.2) is 0 Å². The lowest BCUT2D eigenvalue weighted by molar-refractivity contribution is -0.140. The van der Waals surface area contributed by atoms with E-state index in [-0.39, 0.29) is 35.5 Å². The van der Waals surface area contributed by atoms with E-state index in [1.54, 1.807) is 16.7 Å². The lowest BCUT2D eigenvalue weighted by atomic mass is 9.70. The summed E-state index contributed by atoms with van der Waals surface area (Å²) in [4.78, 5) is 41.2. The first-order valence-corrected chi connectivity index (χ1v) is 11.2. The quantitative estimate of drug-likeness (QED) is 0.578. The zero-order valence-corrected chi connectivity index (χ0v) is 18.1. The van der Waals surface area contributed by atoms with Crippen molar-refractivity contribution in [2.75, 3.05) is 19.7 Å². The summed E-state index contributed by atoms with van der Waals surface area (Å²) in [5.41, 5.74) is -0.406. The maximum absolute atomic E-state index is 13.4. The van der Waals surface area contributed by atoms with Crippen molar-refractivity contribution in [3.63, 3.8) is 0 Å². The first kappa shape index (κ1) is 21.4. The summed E-state index contributed by atoms with van der Waals surface area (Å²) >= 11 is 1.68. The number of aliphatic hydroxyl groups excluding tert-OH is 1. The van der Waals surface area contributed by atoms with Gasteiger partial charge in [0.05, 0.1) is 16.6 Å². The summed E-state index contributed by atoms with van der Waals surface area (Å²) in [6, 6.07) is -0.588. The average Bonchev–Trinajstić information content (AvgIpc) is 3.23. The zero-order chi connectivity index (χ0) is 20.7. The number of hydrogen-bond donors (Lipinski definition) is 3.